The Kier molecular flexibility index (Phi) is 8.35. The van der Waals surface area contributed by atoms with Crippen LogP contribution < -0.4 is 0 Å². The smallest absolute Gasteiger partial charge is 0.309 e. The molecule has 134 valence electrons. The zero-order valence-electron chi connectivity index (χ0n) is 15.6. The average molecular weight is 331 g/mol. The molecule has 0 aromatic heterocycles. The number of aryl methyl sites for hydroxylation is 1. The summed E-state index contributed by atoms with van der Waals surface area (Å²) in [5.41, 5.74) is 2.56. The lowest BCUT2D eigenvalue weighted by Crippen LogP contribution is -2.26. The van der Waals surface area contributed by atoms with E-state index in [-0.39, 0.29) is 18.0 Å². The molecular weight excluding hydrogens is 296 g/mol. The molecule has 0 aliphatic carbocycles. The second-order valence-electron chi connectivity index (χ2n) is 7.25. The van der Waals surface area contributed by atoms with E-state index in [0.717, 1.165) is 44.1 Å². The maximum absolute atomic E-state index is 12.2. The predicted molar refractivity (Wildman–Crippen MR) is 100.0 cm³/mol. The van der Waals surface area contributed by atoms with E-state index in [9.17, 15) is 4.79 Å². The van der Waals surface area contributed by atoms with E-state index in [2.05, 4.69) is 38.1 Å². The minimum Gasteiger partial charge on any atom is -0.457 e. The Morgan fingerprint density at radius 2 is 1.62 bits per heavy atom. The van der Waals surface area contributed by atoms with Crippen molar-refractivity contribution in [2.24, 2.45) is 5.92 Å². The van der Waals surface area contributed by atoms with Crippen molar-refractivity contribution < 1.29 is 9.53 Å². The Labute approximate surface area is 148 Å². The third-order valence-electron chi connectivity index (χ3n) is 5.20. The molecule has 0 amide bonds. The van der Waals surface area contributed by atoms with Crippen molar-refractivity contribution >= 4 is 5.97 Å². The fourth-order valence-corrected chi connectivity index (χ4v) is 3.54. The van der Waals surface area contributed by atoms with Gasteiger partial charge in [0, 0.05) is 0 Å². The lowest BCUT2D eigenvalue weighted by atomic mass is 9.90. The van der Waals surface area contributed by atoms with Crippen molar-refractivity contribution in [1.29, 1.82) is 0 Å². The topological polar surface area (TPSA) is 26.3 Å². The van der Waals surface area contributed by atoms with Gasteiger partial charge in [0.2, 0.25) is 0 Å². The standard InChI is InChI=1S/C22H34O2/c1-3-5-7-8-9-10-18-12-14-19(15-13-18)21-17-16-20(11-6-4-2)22(23)24-21/h12-15,20-21H,3-11,16-17H2,1-2H3. The van der Waals surface area contributed by atoms with Crippen LogP contribution in [0.25, 0.3) is 0 Å². The first-order chi connectivity index (χ1) is 11.7. The second-order valence-corrected chi connectivity index (χ2v) is 7.25. The number of carbonyl (C=O) groups excluding carboxylic acids is 1. The second kappa shape index (κ2) is 10.5. The van der Waals surface area contributed by atoms with Gasteiger partial charge in [0.15, 0.2) is 0 Å². The average Bonchev–Trinajstić information content (AvgIpc) is 2.61. The number of carbonyl (C=O) groups is 1. The molecule has 2 rings (SSSR count). The van der Waals surface area contributed by atoms with Crippen molar-refractivity contribution in [2.75, 3.05) is 0 Å². The lowest BCUT2D eigenvalue weighted by Gasteiger charge is -2.28. The van der Waals surface area contributed by atoms with Crippen LogP contribution >= 0.6 is 0 Å². The van der Waals surface area contributed by atoms with Crippen LogP contribution in [0.4, 0.5) is 0 Å². The molecule has 1 aliphatic rings. The number of hydrogen-bond donors (Lipinski definition) is 0. The normalized spacial score (nSPS) is 20.8. The van der Waals surface area contributed by atoms with E-state index in [0.29, 0.717) is 0 Å². The molecule has 1 saturated heterocycles. The maximum atomic E-state index is 12.2. The Bertz CT molecular complexity index is 477. The summed E-state index contributed by atoms with van der Waals surface area (Å²) in [6.07, 6.45) is 12.9. The molecule has 2 unspecified atom stereocenters. The fraction of sp³-hybridized carbons (Fsp3) is 0.682. The Hall–Kier alpha value is -1.31. The molecule has 1 fully saturated rings. The van der Waals surface area contributed by atoms with Gasteiger partial charge < -0.3 is 4.74 Å². The Balaban J connectivity index is 1.78. The summed E-state index contributed by atoms with van der Waals surface area (Å²) in [7, 11) is 0. The minimum atomic E-state index is -0.0334. The van der Waals surface area contributed by atoms with Gasteiger partial charge in [-0.15, -0.1) is 0 Å². The van der Waals surface area contributed by atoms with Gasteiger partial charge in [0.25, 0.3) is 0 Å². The number of rotatable bonds is 10. The van der Waals surface area contributed by atoms with Gasteiger partial charge in [-0.3, -0.25) is 4.79 Å². The van der Waals surface area contributed by atoms with Gasteiger partial charge in [-0.05, 0) is 43.2 Å². The third-order valence-corrected chi connectivity index (χ3v) is 5.20. The molecule has 0 spiro atoms. The van der Waals surface area contributed by atoms with Crippen molar-refractivity contribution in [3.63, 3.8) is 0 Å². The zero-order valence-corrected chi connectivity index (χ0v) is 15.6. The largest absolute Gasteiger partial charge is 0.457 e. The molecule has 2 nitrogen and oxygen atoms in total. The summed E-state index contributed by atoms with van der Waals surface area (Å²) in [6, 6.07) is 8.75. The van der Waals surface area contributed by atoms with Gasteiger partial charge in [-0.1, -0.05) is 76.6 Å². The summed E-state index contributed by atoms with van der Waals surface area (Å²) in [5.74, 6) is 0.142. The highest BCUT2D eigenvalue weighted by Gasteiger charge is 2.30. The van der Waals surface area contributed by atoms with Crippen molar-refractivity contribution in [2.45, 2.75) is 90.6 Å². The molecule has 1 aromatic carbocycles. The zero-order chi connectivity index (χ0) is 17.2. The first-order valence-electron chi connectivity index (χ1n) is 10.0. The number of unbranched alkanes of at least 4 members (excludes halogenated alkanes) is 5. The molecule has 0 saturated carbocycles. The van der Waals surface area contributed by atoms with Crippen LogP contribution in [0.15, 0.2) is 24.3 Å². The first-order valence-corrected chi connectivity index (χ1v) is 10.0. The minimum absolute atomic E-state index is 0.0136. The van der Waals surface area contributed by atoms with Crippen LogP contribution in [0, 0.1) is 5.92 Å². The van der Waals surface area contributed by atoms with E-state index < -0.39 is 0 Å². The quantitative estimate of drug-likeness (QED) is 0.367. The molecule has 1 aliphatic heterocycles. The summed E-state index contributed by atoms with van der Waals surface area (Å²) >= 11 is 0. The molecule has 2 heteroatoms. The summed E-state index contributed by atoms with van der Waals surface area (Å²) < 4.78 is 5.71. The Morgan fingerprint density at radius 3 is 2.29 bits per heavy atom. The van der Waals surface area contributed by atoms with E-state index in [1.54, 1.807) is 0 Å². The SMILES string of the molecule is CCCCCCCc1ccc(C2CCC(CCCC)C(=O)O2)cc1. The fourth-order valence-electron chi connectivity index (χ4n) is 3.54. The molecule has 24 heavy (non-hydrogen) atoms. The Morgan fingerprint density at radius 1 is 0.917 bits per heavy atom. The number of esters is 1. The highest BCUT2D eigenvalue weighted by Crippen LogP contribution is 2.33. The molecule has 0 N–H and O–H groups in total. The molecular formula is C22H34O2. The van der Waals surface area contributed by atoms with Gasteiger partial charge in [0.05, 0.1) is 5.92 Å². The van der Waals surface area contributed by atoms with Gasteiger partial charge in [-0.2, -0.15) is 0 Å². The van der Waals surface area contributed by atoms with E-state index in [1.807, 2.05) is 0 Å². The number of cyclic esters (lactones) is 1. The van der Waals surface area contributed by atoms with Crippen LogP contribution in [-0.4, -0.2) is 5.97 Å². The van der Waals surface area contributed by atoms with E-state index in [1.165, 1.54) is 37.7 Å². The van der Waals surface area contributed by atoms with Crippen molar-refractivity contribution in [1.82, 2.24) is 0 Å². The highest BCUT2D eigenvalue weighted by atomic mass is 16.5. The number of hydrogen-bond acceptors (Lipinski definition) is 2. The monoisotopic (exact) mass is 330 g/mol. The van der Waals surface area contributed by atoms with E-state index >= 15 is 0 Å². The summed E-state index contributed by atoms with van der Waals surface area (Å²) in [6.45, 7) is 4.42. The number of ether oxygens (including phenoxy) is 1. The van der Waals surface area contributed by atoms with Crippen LogP contribution in [0.3, 0.4) is 0 Å². The molecule has 2 atom stereocenters. The van der Waals surface area contributed by atoms with Gasteiger partial charge >= 0.3 is 5.97 Å². The molecule has 1 heterocycles. The van der Waals surface area contributed by atoms with Crippen LogP contribution in [-0.2, 0) is 16.0 Å². The van der Waals surface area contributed by atoms with Gasteiger partial charge in [-0.25, -0.2) is 0 Å². The van der Waals surface area contributed by atoms with Gasteiger partial charge in [0.1, 0.15) is 6.10 Å². The van der Waals surface area contributed by atoms with Crippen LogP contribution in [0.2, 0.25) is 0 Å². The first kappa shape index (κ1) is 19.0. The molecule has 0 bridgehead atoms. The van der Waals surface area contributed by atoms with Crippen molar-refractivity contribution in [3.8, 4) is 0 Å². The molecule has 0 radical (unpaired) electrons. The van der Waals surface area contributed by atoms with E-state index in [4.69, 9.17) is 4.74 Å². The van der Waals surface area contributed by atoms with Crippen LogP contribution in [0.5, 0.6) is 0 Å². The predicted octanol–water partition coefficient (Wildman–Crippen LogP) is 6.38. The maximum Gasteiger partial charge on any atom is 0.309 e. The summed E-state index contributed by atoms with van der Waals surface area (Å²) in [5, 5.41) is 0. The molecule has 1 aromatic rings. The number of benzene rings is 1. The highest BCUT2D eigenvalue weighted by molar-refractivity contribution is 5.73. The summed E-state index contributed by atoms with van der Waals surface area (Å²) in [4.78, 5) is 12.2. The lowest BCUT2D eigenvalue weighted by molar-refractivity contribution is -0.161. The van der Waals surface area contributed by atoms with Crippen molar-refractivity contribution in [3.05, 3.63) is 35.4 Å². The van der Waals surface area contributed by atoms with Crippen LogP contribution in [0.1, 0.15) is 95.3 Å². The third kappa shape index (κ3) is 5.96.